The second-order valence-corrected chi connectivity index (χ2v) is 4.98. The van der Waals surface area contributed by atoms with E-state index in [1.807, 2.05) is 6.92 Å². The van der Waals surface area contributed by atoms with Crippen molar-refractivity contribution in [2.75, 3.05) is 13.7 Å². The Morgan fingerprint density at radius 1 is 1.33 bits per heavy atom. The van der Waals surface area contributed by atoms with E-state index < -0.39 is 0 Å². The molecule has 1 saturated carbocycles. The molecule has 0 saturated heterocycles. The number of ether oxygens (including phenoxy) is 1. The minimum Gasteiger partial charge on any atom is -0.384 e. The number of ketones is 1. The van der Waals surface area contributed by atoms with Crippen LogP contribution in [0, 0.1) is 17.3 Å². The highest BCUT2D eigenvalue weighted by molar-refractivity contribution is 5.85. The number of Topliss-reactive ketones (excluding diaryl/α,β-unsaturated/α-hetero) is 1. The predicted molar refractivity (Wildman–Crippen MR) is 61.8 cm³/mol. The van der Waals surface area contributed by atoms with E-state index in [9.17, 15) is 4.79 Å². The van der Waals surface area contributed by atoms with Crippen molar-refractivity contribution >= 4 is 5.78 Å². The highest BCUT2D eigenvalue weighted by atomic mass is 16.5. The maximum atomic E-state index is 12.2. The minimum absolute atomic E-state index is 0.207. The molecule has 0 aromatic rings. The third-order valence-corrected chi connectivity index (χ3v) is 4.26. The Morgan fingerprint density at radius 3 is 2.27 bits per heavy atom. The Hall–Kier alpha value is -0.370. The third kappa shape index (κ3) is 2.10. The maximum absolute atomic E-state index is 12.2. The zero-order chi connectivity index (χ0) is 11.5. The van der Waals surface area contributed by atoms with Crippen LogP contribution < -0.4 is 0 Å². The Labute approximate surface area is 93.4 Å². The molecule has 1 rings (SSSR count). The van der Waals surface area contributed by atoms with Gasteiger partial charge in [-0.05, 0) is 24.7 Å². The molecule has 15 heavy (non-hydrogen) atoms. The van der Waals surface area contributed by atoms with Crippen molar-refractivity contribution in [2.24, 2.45) is 17.3 Å². The first-order valence-electron chi connectivity index (χ1n) is 6.11. The van der Waals surface area contributed by atoms with E-state index in [2.05, 4.69) is 13.8 Å². The molecule has 1 fully saturated rings. The maximum Gasteiger partial charge on any atom is 0.141 e. The van der Waals surface area contributed by atoms with Crippen molar-refractivity contribution in [1.29, 1.82) is 0 Å². The summed E-state index contributed by atoms with van der Waals surface area (Å²) in [5.74, 6) is 1.33. The van der Waals surface area contributed by atoms with Gasteiger partial charge in [0.1, 0.15) is 5.78 Å². The van der Waals surface area contributed by atoms with Crippen molar-refractivity contribution < 1.29 is 9.53 Å². The molecule has 2 unspecified atom stereocenters. The fraction of sp³-hybridized carbons (Fsp3) is 0.923. The first-order chi connectivity index (χ1) is 7.09. The van der Waals surface area contributed by atoms with Crippen molar-refractivity contribution in [3.8, 4) is 0 Å². The summed E-state index contributed by atoms with van der Waals surface area (Å²) in [6.45, 7) is 6.99. The van der Waals surface area contributed by atoms with Crippen LogP contribution in [0.1, 0.15) is 46.5 Å². The molecule has 0 heterocycles. The highest BCUT2D eigenvalue weighted by Crippen LogP contribution is 2.46. The molecule has 0 aromatic heterocycles. The van der Waals surface area contributed by atoms with Gasteiger partial charge in [-0.3, -0.25) is 4.79 Å². The van der Waals surface area contributed by atoms with Crippen LogP contribution >= 0.6 is 0 Å². The lowest BCUT2D eigenvalue weighted by Crippen LogP contribution is -2.48. The Bertz CT molecular complexity index is 213. The highest BCUT2D eigenvalue weighted by Gasteiger charge is 2.48. The summed E-state index contributed by atoms with van der Waals surface area (Å²) in [6.07, 6.45) is 4.22. The second kappa shape index (κ2) is 5.11. The standard InChI is InChI=1S/C13H24O2/c1-5-12(14)13(9-15-4)10(2)7-6-8-11(13)3/h10-11H,5-9H2,1-4H3. The number of hydrogen-bond donors (Lipinski definition) is 0. The first-order valence-corrected chi connectivity index (χ1v) is 6.11. The van der Waals surface area contributed by atoms with Gasteiger partial charge in [-0.1, -0.05) is 27.2 Å². The lowest BCUT2D eigenvalue weighted by molar-refractivity contribution is -0.143. The molecular formula is C13H24O2. The number of methoxy groups -OCH3 is 1. The summed E-state index contributed by atoms with van der Waals surface area (Å²) in [7, 11) is 1.71. The van der Waals surface area contributed by atoms with Crippen molar-refractivity contribution in [1.82, 2.24) is 0 Å². The summed E-state index contributed by atoms with van der Waals surface area (Å²) in [6, 6.07) is 0. The molecule has 0 spiro atoms. The van der Waals surface area contributed by atoms with Crippen LogP contribution in [0.5, 0.6) is 0 Å². The second-order valence-electron chi connectivity index (χ2n) is 4.98. The van der Waals surface area contributed by atoms with Gasteiger partial charge in [0.25, 0.3) is 0 Å². The van der Waals surface area contributed by atoms with Crippen LogP contribution in [-0.4, -0.2) is 19.5 Å². The molecule has 1 aliphatic carbocycles. The zero-order valence-corrected chi connectivity index (χ0v) is 10.5. The van der Waals surface area contributed by atoms with Gasteiger partial charge < -0.3 is 4.74 Å². The van der Waals surface area contributed by atoms with Crippen LogP contribution in [0.2, 0.25) is 0 Å². The molecular weight excluding hydrogens is 188 g/mol. The Balaban J connectivity index is 2.98. The smallest absolute Gasteiger partial charge is 0.141 e. The summed E-state index contributed by atoms with van der Waals surface area (Å²) < 4.78 is 5.33. The van der Waals surface area contributed by atoms with Gasteiger partial charge in [-0.2, -0.15) is 0 Å². The Kier molecular flexibility index (Phi) is 4.32. The molecule has 1 aliphatic rings. The summed E-state index contributed by atoms with van der Waals surface area (Å²) in [5, 5.41) is 0. The molecule has 0 aliphatic heterocycles. The van der Waals surface area contributed by atoms with E-state index >= 15 is 0 Å². The fourth-order valence-electron chi connectivity index (χ4n) is 3.21. The molecule has 0 amide bonds. The van der Waals surface area contributed by atoms with Gasteiger partial charge in [-0.15, -0.1) is 0 Å². The molecule has 2 atom stereocenters. The van der Waals surface area contributed by atoms with E-state index in [0.29, 0.717) is 30.6 Å². The molecule has 0 radical (unpaired) electrons. The van der Waals surface area contributed by atoms with Crippen LogP contribution in [0.3, 0.4) is 0 Å². The molecule has 2 heteroatoms. The van der Waals surface area contributed by atoms with E-state index in [1.165, 1.54) is 19.3 Å². The fourth-order valence-corrected chi connectivity index (χ4v) is 3.21. The minimum atomic E-state index is -0.207. The molecule has 0 bridgehead atoms. The van der Waals surface area contributed by atoms with E-state index in [1.54, 1.807) is 7.11 Å². The summed E-state index contributed by atoms with van der Waals surface area (Å²) in [4.78, 5) is 12.2. The summed E-state index contributed by atoms with van der Waals surface area (Å²) in [5.41, 5.74) is -0.207. The lowest BCUT2D eigenvalue weighted by Gasteiger charge is -2.45. The number of rotatable bonds is 4. The van der Waals surface area contributed by atoms with E-state index in [4.69, 9.17) is 4.74 Å². The number of carbonyl (C=O) groups is 1. The average molecular weight is 212 g/mol. The normalized spacial score (nSPS) is 36.5. The third-order valence-electron chi connectivity index (χ3n) is 4.26. The van der Waals surface area contributed by atoms with Gasteiger partial charge >= 0.3 is 0 Å². The SMILES string of the molecule is CCC(=O)C1(COC)C(C)CCCC1C. The van der Waals surface area contributed by atoms with Gasteiger partial charge in [-0.25, -0.2) is 0 Å². The largest absolute Gasteiger partial charge is 0.384 e. The zero-order valence-electron chi connectivity index (χ0n) is 10.5. The van der Waals surface area contributed by atoms with Crippen LogP contribution in [0.25, 0.3) is 0 Å². The van der Waals surface area contributed by atoms with E-state index in [-0.39, 0.29) is 5.41 Å². The van der Waals surface area contributed by atoms with Crippen molar-refractivity contribution in [3.63, 3.8) is 0 Å². The number of carbonyl (C=O) groups excluding carboxylic acids is 1. The van der Waals surface area contributed by atoms with Gasteiger partial charge in [0.2, 0.25) is 0 Å². The summed E-state index contributed by atoms with van der Waals surface area (Å²) >= 11 is 0. The topological polar surface area (TPSA) is 26.3 Å². The van der Waals surface area contributed by atoms with Crippen LogP contribution in [-0.2, 0) is 9.53 Å². The molecule has 0 N–H and O–H groups in total. The monoisotopic (exact) mass is 212 g/mol. The van der Waals surface area contributed by atoms with Gasteiger partial charge in [0.15, 0.2) is 0 Å². The Morgan fingerprint density at radius 2 is 1.87 bits per heavy atom. The molecule has 0 aromatic carbocycles. The predicted octanol–water partition coefficient (Wildman–Crippen LogP) is 3.05. The van der Waals surface area contributed by atoms with Gasteiger partial charge in [0.05, 0.1) is 12.0 Å². The first kappa shape index (κ1) is 12.7. The van der Waals surface area contributed by atoms with Crippen LogP contribution in [0.15, 0.2) is 0 Å². The number of hydrogen-bond acceptors (Lipinski definition) is 2. The molecule has 2 nitrogen and oxygen atoms in total. The molecule has 88 valence electrons. The quantitative estimate of drug-likeness (QED) is 0.716. The average Bonchev–Trinajstić information content (AvgIpc) is 2.23. The van der Waals surface area contributed by atoms with Crippen molar-refractivity contribution in [2.45, 2.75) is 46.5 Å². The van der Waals surface area contributed by atoms with Crippen molar-refractivity contribution in [3.05, 3.63) is 0 Å². The van der Waals surface area contributed by atoms with Crippen LogP contribution in [0.4, 0.5) is 0 Å². The lowest BCUT2D eigenvalue weighted by atomic mass is 9.59. The van der Waals surface area contributed by atoms with Gasteiger partial charge in [0, 0.05) is 13.5 Å². The van der Waals surface area contributed by atoms with E-state index in [0.717, 1.165) is 0 Å².